The molecule has 4 rings (SSSR count). The third kappa shape index (κ3) is 22.9. The topological polar surface area (TPSA) is 342 Å². The molecule has 8 amide bonds. The van der Waals surface area contributed by atoms with Crippen LogP contribution in [0.4, 0.5) is 17.6 Å². The number of hydrogen-bond acceptors (Lipinski definition) is 13. The zero-order chi connectivity index (χ0) is 63.1. The van der Waals surface area contributed by atoms with Gasteiger partial charge in [-0.2, -0.15) is 8.78 Å². The lowest BCUT2D eigenvalue weighted by atomic mass is 9.84. The number of halogens is 4. The van der Waals surface area contributed by atoms with Crippen molar-refractivity contribution < 1.29 is 80.8 Å². The van der Waals surface area contributed by atoms with Crippen molar-refractivity contribution in [3.8, 4) is 11.3 Å². The summed E-state index contributed by atoms with van der Waals surface area (Å²) in [5.74, 6) is -12.6. The molecule has 1 aliphatic heterocycles. The highest BCUT2D eigenvalue weighted by Gasteiger charge is 2.39. The Hall–Kier alpha value is -8.07. The van der Waals surface area contributed by atoms with Crippen LogP contribution in [0.3, 0.4) is 0 Å². The smallest absolute Gasteiger partial charge is 0.374 e. The average Bonchev–Trinajstić information content (AvgIpc) is 2.42. The molecule has 0 saturated carbocycles. The van der Waals surface area contributed by atoms with E-state index in [4.69, 9.17) is 15.8 Å². The Kier molecular flexibility index (Phi) is 27.8. The van der Waals surface area contributed by atoms with Crippen molar-refractivity contribution in [3.63, 3.8) is 0 Å². The molecule has 3 aromatic rings. The van der Waals surface area contributed by atoms with Crippen LogP contribution in [0.15, 0.2) is 66.9 Å². The molecular formula is C57H78F4N10O13. The van der Waals surface area contributed by atoms with Gasteiger partial charge < -0.3 is 57.1 Å². The third-order valence-electron chi connectivity index (χ3n) is 13.1. The van der Waals surface area contributed by atoms with Crippen LogP contribution >= 0.6 is 0 Å². The van der Waals surface area contributed by atoms with Gasteiger partial charge in [-0.1, -0.05) is 71.4 Å². The molecular weight excluding hydrogens is 1110 g/mol. The van der Waals surface area contributed by atoms with Crippen LogP contribution < -0.4 is 32.3 Å². The van der Waals surface area contributed by atoms with E-state index in [0.717, 1.165) is 28.7 Å². The first-order valence-corrected chi connectivity index (χ1v) is 27.4. The molecule has 0 saturated heterocycles. The summed E-state index contributed by atoms with van der Waals surface area (Å²) < 4.78 is 53.7. The Morgan fingerprint density at radius 1 is 0.750 bits per heavy atom. The number of nitrogens with two attached hydrogens (primary N) is 1. The van der Waals surface area contributed by atoms with Crippen LogP contribution in [-0.4, -0.2) is 157 Å². The van der Waals surface area contributed by atoms with Gasteiger partial charge in [0.1, 0.15) is 42.2 Å². The lowest BCUT2D eigenvalue weighted by molar-refractivity contribution is -0.162. The molecule has 0 spiro atoms. The number of alkyl halides is 2. The number of carboxylic acids is 2. The summed E-state index contributed by atoms with van der Waals surface area (Å²) in [5.41, 5.74) is 6.43. The van der Waals surface area contributed by atoms with Crippen LogP contribution in [0.25, 0.3) is 11.3 Å². The lowest BCUT2D eigenvalue weighted by Gasteiger charge is -2.40. The summed E-state index contributed by atoms with van der Waals surface area (Å²) >= 11 is 0. The summed E-state index contributed by atoms with van der Waals surface area (Å²) in [5, 5.41) is 40.4. The monoisotopic (exact) mass is 1190 g/mol. The second-order valence-electron chi connectivity index (χ2n) is 21.6. The number of carboxylic acid groups (broad SMARTS) is 2. The molecule has 0 aliphatic carbocycles. The van der Waals surface area contributed by atoms with Gasteiger partial charge in [0.25, 0.3) is 11.8 Å². The van der Waals surface area contributed by atoms with Gasteiger partial charge in [-0.05, 0) is 80.5 Å². The highest BCUT2D eigenvalue weighted by Crippen LogP contribution is 2.39. The molecule has 2 heterocycles. The lowest BCUT2D eigenvalue weighted by Crippen LogP contribution is -2.56. The van der Waals surface area contributed by atoms with E-state index in [1.54, 1.807) is 24.6 Å². The molecule has 27 heteroatoms. The van der Waals surface area contributed by atoms with E-state index in [9.17, 15) is 71.3 Å². The molecule has 462 valence electrons. The minimum Gasteiger partial charge on any atom is -0.480 e. The second kappa shape index (κ2) is 33.3. The first kappa shape index (κ1) is 70.2. The largest absolute Gasteiger partial charge is 0.480 e. The fourth-order valence-electron chi connectivity index (χ4n) is 8.58. The van der Waals surface area contributed by atoms with Gasteiger partial charge in [-0.25, -0.2) is 23.4 Å². The quantitative estimate of drug-likeness (QED) is 0.0244. The molecule has 0 radical (unpaired) electrons. The summed E-state index contributed by atoms with van der Waals surface area (Å²) in [7, 11) is 0. The number of aromatic nitrogens is 2. The van der Waals surface area contributed by atoms with E-state index in [0.29, 0.717) is 38.4 Å². The van der Waals surface area contributed by atoms with Crippen molar-refractivity contribution in [2.24, 2.45) is 17.1 Å². The SMILES string of the molecule is CC(F)(F)C(=O)O.CC(NC(=O)[C@@H](NC(=O)CCCCCN1C(=O)C=CC1=O)C(C)C)C(=O)NC(CCCCNC(=O)CCNC(=O)C(N)CCN(C(=O)CO)C(c1nc(-c2cc(F)ccc2F)cn1Cc1ccccc1)C(C)(C)C)C(=O)O. The number of aliphatic hydroxyl groups excluding tert-OH is 1. The predicted octanol–water partition coefficient (Wildman–Crippen LogP) is 3.72. The Labute approximate surface area is 484 Å². The van der Waals surface area contributed by atoms with Crippen molar-refractivity contribution in [2.75, 3.05) is 32.8 Å². The molecule has 2 aromatic carbocycles. The Bertz CT molecular complexity index is 2790. The van der Waals surface area contributed by atoms with Gasteiger partial charge >= 0.3 is 17.9 Å². The fourth-order valence-corrected chi connectivity index (χ4v) is 8.58. The Morgan fingerprint density at radius 2 is 1.39 bits per heavy atom. The highest BCUT2D eigenvalue weighted by atomic mass is 19.3. The number of imide groups is 1. The molecule has 84 heavy (non-hydrogen) atoms. The number of aliphatic carboxylic acids is 2. The number of unbranched alkanes of at least 4 members (excludes halogenated alkanes) is 3. The Balaban J connectivity index is 0.00000247. The van der Waals surface area contributed by atoms with Crippen molar-refractivity contribution in [1.29, 1.82) is 0 Å². The van der Waals surface area contributed by atoms with Gasteiger partial charge in [0.2, 0.25) is 35.4 Å². The zero-order valence-corrected chi connectivity index (χ0v) is 48.2. The third-order valence-corrected chi connectivity index (χ3v) is 13.1. The minimum absolute atomic E-state index is 0.00245. The number of aliphatic hydroxyl groups is 1. The van der Waals surface area contributed by atoms with Gasteiger partial charge in [0, 0.05) is 76.4 Å². The van der Waals surface area contributed by atoms with Gasteiger partial charge in [0.05, 0.1) is 17.8 Å². The maximum atomic E-state index is 15.1. The van der Waals surface area contributed by atoms with E-state index in [1.165, 1.54) is 24.0 Å². The van der Waals surface area contributed by atoms with Crippen LogP contribution in [0.5, 0.6) is 0 Å². The maximum absolute atomic E-state index is 15.1. The summed E-state index contributed by atoms with van der Waals surface area (Å²) in [6, 6.07) is 6.89. The van der Waals surface area contributed by atoms with E-state index in [2.05, 4.69) is 26.6 Å². The number of rotatable bonds is 32. The average molecular weight is 1190 g/mol. The predicted molar refractivity (Wildman–Crippen MR) is 298 cm³/mol. The van der Waals surface area contributed by atoms with Gasteiger partial charge in [0.15, 0.2) is 0 Å². The molecule has 0 fully saturated rings. The minimum atomic E-state index is -3.58. The van der Waals surface area contributed by atoms with Crippen molar-refractivity contribution in [3.05, 3.63) is 89.9 Å². The number of nitrogens with zero attached hydrogens (tertiary/aromatic N) is 4. The van der Waals surface area contributed by atoms with E-state index in [-0.39, 0.29) is 93.8 Å². The van der Waals surface area contributed by atoms with E-state index >= 15 is 4.39 Å². The molecule has 23 nitrogen and oxygen atoms in total. The number of nitrogens with one attached hydrogen (secondary N) is 5. The number of imidazole rings is 1. The van der Waals surface area contributed by atoms with Gasteiger partial charge in [-0.3, -0.25) is 43.3 Å². The van der Waals surface area contributed by atoms with Crippen LogP contribution in [-0.2, 0) is 54.5 Å². The van der Waals surface area contributed by atoms with E-state index < -0.39 is 107 Å². The normalized spacial score (nSPS) is 14.1. The summed E-state index contributed by atoms with van der Waals surface area (Å²) in [6.07, 6.45) is 6.03. The summed E-state index contributed by atoms with van der Waals surface area (Å²) in [6.45, 7) is 10.3. The molecule has 10 N–H and O–H groups in total. The highest BCUT2D eigenvalue weighted by molar-refractivity contribution is 6.12. The van der Waals surface area contributed by atoms with E-state index in [1.807, 2.05) is 51.1 Å². The fraction of sp³-hybridized carbons (Fsp3) is 0.526. The van der Waals surface area contributed by atoms with Crippen LogP contribution in [0.2, 0.25) is 0 Å². The number of carbonyl (C=O) groups is 10. The molecule has 0 bridgehead atoms. The van der Waals surface area contributed by atoms with Crippen molar-refractivity contribution >= 4 is 59.2 Å². The zero-order valence-electron chi connectivity index (χ0n) is 48.2. The Morgan fingerprint density at radius 3 is 1.98 bits per heavy atom. The van der Waals surface area contributed by atoms with Crippen LogP contribution in [0.1, 0.15) is 124 Å². The maximum Gasteiger partial charge on any atom is 0.374 e. The van der Waals surface area contributed by atoms with Crippen LogP contribution in [0, 0.1) is 23.0 Å². The first-order chi connectivity index (χ1) is 39.3. The second-order valence-corrected chi connectivity index (χ2v) is 21.6. The molecule has 4 unspecified atom stereocenters. The number of carbonyl (C=O) groups excluding carboxylic acids is 8. The van der Waals surface area contributed by atoms with Crippen molar-refractivity contribution in [2.45, 2.75) is 149 Å². The van der Waals surface area contributed by atoms with Crippen molar-refractivity contribution in [1.82, 2.24) is 45.9 Å². The van der Waals surface area contributed by atoms with Gasteiger partial charge in [-0.15, -0.1) is 0 Å². The number of benzene rings is 2. The first-order valence-electron chi connectivity index (χ1n) is 27.4. The number of hydrogen-bond donors (Lipinski definition) is 9. The number of amides is 8. The summed E-state index contributed by atoms with van der Waals surface area (Å²) in [4.78, 5) is 130. The molecule has 1 aromatic heterocycles. The molecule has 1 aliphatic rings. The standard InChI is InChI=1S/C54H74F2N10O11.C3H4F2O2/c1-33(2)47(63-43(69)18-11-8-14-27-65-44(70)21-22-45(65)71)52(75)60-34(3)50(73)62-40(53(76)77)17-12-13-25-58-42(68)23-26-59-51(74)39(57)24-28-66(46(72)32-67)48(54(4,5)6)49-61-41(37-29-36(55)19-20-38(37)56)31-64(49)30-35-15-9-7-10-16-35;1-3(4,5)2(6)7/h7,9-10,15-16,19-22,29,31,33-34,39-40,47-48,67H,8,11-14,17-18,23-28,30,32,57H2,1-6H3,(H,58,68)(H,59,74)(H,60,75)(H,62,73)(H,63,69)(H,76,77);1H3,(H,6,7)/t34?,39?,40?,47-,48?;/m0./s1. The molecule has 5 atom stereocenters.